The number of carboxylic acid groups (broad SMARTS) is 1. The Balaban J connectivity index is 2.09. The zero-order valence-corrected chi connectivity index (χ0v) is 31.3. The van der Waals surface area contributed by atoms with E-state index in [2.05, 4.69) is 12.5 Å². The fourth-order valence-corrected chi connectivity index (χ4v) is 7.73. The van der Waals surface area contributed by atoms with E-state index >= 15 is 0 Å². The van der Waals surface area contributed by atoms with E-state index in [1.165, 1.54) is 9.44 Å². The molecule has 3 saturated heterocycles. The molecule has 0 unspecified atom stereocenters. The van der Waals surface area contributed by atoms with Crippen molar-refractivity contribution in [3.8, 4) is 0 Å². The molecule has 0 amide bonds. The minimum atomic E-state index is -5.84. The number of ether oxygens (including phenoxy) is 6. The van der Waals surface area contributed by atoms with E-state index in [0.29, 0.717) is 0 Å². The lowest BCUT2D eigenvalue weighted by Crippen LogP contribution is -2.70. The number of carbonyl (C=O) groups is 1. The third-order valence-corrected chi connectivity index (χ3v) is 10.0. The van der Waals surface area contributed by atoms with E-state index in [1.807, 2.05) is 0 Å². The number of nitrogens with one attached hydrogen (secondary N) is 2. The molecule has 3 aliphatic rings. The first-order valence-electron chi connectivity index (χ1n) is 14.4. The van der Waals surface area contributed by atoms with Gasteiger partial charge in [-0.15, -0.1) is 0 Å². The van der Waals surface area contributed by atoms with Crippen LogP contribution < -0.4 is 9.44 Å². The van der Waals surface area contributed by atoms with Crippen LogP contribution in [0.4, 0.5) is 0 Å². The summed E-state index contributed by atoms with van der Waals surface area (Å²) in [5, 5.41) is 53.3. The van der Waals surface area contributed by atoms with Crippen LogP contribution in [0.1, 0.15) is 0 Å². The van der Waals surface area contributed by atoms with Crippen LogP contribution in [-0.4, -0.2) is 209 Å². The standard InChI is InChI=1S/C19H34N2O30S5/c1-43-11-4(2-44-54(34,35)36)47-18(7(9(11)23)21-53(31,32)33)49-13-10(24)14(51-56(40,41)42)19(50-15(13)16(25)26)48-12-5(3-45-55(37,38)39)46-17(27)6(8(12)22)20-52(28,29)30/h4-15,17-24,27H,2-3H2,1H3,(H,25,26)(H,28,29,30)(H,31,32,33)(H,34,35,36)(H,37,38,39)(H,40,41,42)/t4-,5-,6-,7-,8-,9-,10+,11-,12-,13+,14-,15+,17+,18-,19+/m1/s1. The predicted molar refractivity (Wildman–Crippen MR) is 163 cm³/mol. The molecule has 0 radical (unpaired) electrons. The summed E-state index contributed by atoms with van der Waals surface area (Å²) in [5.41, 5.74) is 0. The highest BCUT2D eigenvalue weighted by molar-refractivity contribution is 7.84. The lowest BCUT2D eigenvalue weighted by Gasteiger charge is -2.48. The number of aliphatic carboxylic acids is 1. The van der Waals surface area contributed by atoms with Crippen LogP contribution in [0.2, 0.25) is 0 Å². The number of hydrogen-bond acceptors (Lipinski definition) is 24. The average molecular weight is 931 g/mol. The van der Waals surface area contributed by atoms with Gasteiger partial charge in [-0.05, 0) is 0 Å². The van der Waals surface area contributed by atoms with Gasteiger partial charge >= 0.3 is 57.8 Å². The van der Waals surface area contributed by atoms with Gasteiger partial charge in [0.05, 0.1) is 13.2 Å². The monoisotopic (exact) mass is 930 g/mol. The summed E-state index contributed by atoms with van der Waals surface area (Å²) < 4.78 is 207. The zero-order chi connectivity index (χ0) is 42.9. The summed E-state index contributed by atoms with van der Waals surface area (Å²) in [6, 6.07) is -4.71. The molecule has 0 aromatic rings. The fraction of sp³-hybridized carbons (Fsp3) is 0.947. The highest BCUT2D eigenvalue weighted by atomic mass is 32.3. The minimum Gasteiger partial charge on any atom is -0.479 e. The first-order chi connectivity index (χ1) is 25.3. The van der Waals surface area contributed by atoms with Gasteiger partial charge in [0.15, 0.2) is 31.1 Å². The van der Waals surface area contributed by atoms with E-state index in [-0.39, 0.29) is 0 Å². The topological polar surface area (TPSA) is 497 Å². The quantitative estimate of drug-likeness (QED) is 0.0568. The molecule has 32 nitrogen and oxygen atoms in total. The van der Waals surface area contributed by atoms with Crippen molar-refractivity contribution in [1.29, 1.82) is 0 Å². The SMILES string of the molecule is CO[C@H]1[C@H](O)[C@@H](NS(=O)(=O)O)[C@@H](O[C@H]2[C@H](O)[C@@H](OS(=O)(=O)O)[C@@H](O[C@H]3[C@H](O)[C@@H](NS(=O)(=O)O)[C@@H](O)O[C@@H]3COS(=O)(=O)O)O[C@@H]2C(=O)O)O[C@@H]1COS(=O)(=O)O. The Kier molecular flexibility index (Phi) is 16.0. The van der Waals surface area contributed by atoms with E-state index in [1.54, 1.807) is 0 Å². The third-order valence-electron chi connectivity index (χ3n) is 7.55. The Hall–Kier alpha value is -1.58. The summed E-state index contributed by atoms with van der Waals surface area (Å²) in [6.45, 7) is -2.72. The highest BCUT2D eigenvalue weighted by Crippen LogP contribution is 2.35. The minimum absolute atomic E-state index is 0.857. The molecule has 3 heterocycles. The maximum atomic E-state index is 12.4. The molecule has 0 aromatic carbocycles. The van der Waals surface area contributed by atoms with Crippen molar-refractivity contribution in [2.45, 2.75) is 92.0 Å². The molecule has 0 aromatic heterocycles. The molecule has 0 saturated carbocycles. The van der Waals surface area contributed by atoms with Gasteiger partial charge in [0.2, 0.25) is 0 Å². The smallest absolute Gasteiger partial charge is 0.397 e. The zero-order valence-electron chi connectivity index (χ0n) is 27.3. The molecule has 3 rings (SSSR count). The molecule has 0 bridgehead atoms. The predicted octanol–water partition coefficient (Wildman–Crippen LogP) is -8.55. The Labute approximate surface area is 315 Å². The van der Waals surface area contributed by atoms with Gasteiger partial charge in [0, 0.05) is 7.11 Å². The van der Waals surface area contributed by atoms with E-state index < -0.39 is 163 Å². The third kappa shape index (κ3) is 14.0. The molecule has 3 fully saturated rings. The van der Waals surface area contributed by atoms with Crippen molar-refractivity contribution in [3.63, 3.8) is 0 Å². The molecule has 3 aliphatic heterocycles. The van der Waals surface area contributed by atoms with Crippen LogP contribution in [-0.2, 0) is 97.6 Å². The summed E-state index contributed by atoms with van der Waals surface area (Å²) in [6.07, 6.45) is -32.4. The largest absolute Gasteiger partial charge is 0.479 e. The van der Waals surface area contributed by atoms with Crippen molar-refractivity contribution in [2.24, 2.45) is 0 Å². The molecule has 330 valence electrons. The maximum absolute atomic E-state index is 12.4. The van der Waals surface area contributed by atoms with Gasteiger partial charge < -0.3 is 54.0 Å². The van der Waals surface area contributed by atoms with Gasteiger partial charge in [-0.2, -0.15) is 51.5 Å². The van der Waals surface area contributed by atoms with Crippen molar-refractivity contribution in [3.05, 3.63) is 0 Å². The van der Waals surface area contributed by atoms with E-state index in [0.717, 1.165) is 7.11 Å². The lowest BCUT2D eigenvalue weighted by molar-refractivity contribution is -0.357. The van der Waals surface area contributed by atoms with Crippen LogP contribution in [0.15, 0.2) is 0 Å². The summed E-state index contributed by atoms with van der Waals surface area (Å²) in [5.74, 6) is -2.21. The van der Waals surface area contributed by atoms with Crippen LogP contribution >= 0.6 is 0 Å². The Morgan fingerprint density at radius 2 is 1.05 bits per heavy atom. The van der Waals surface area contributed by atoms with E-state index in [4.69, 9.17) is 37.5 Å². The van der Waals surface area contributed by atoms with Crippen molar-refractivity contribution < 1.29 is 136 Å². The van der Waals surface area contributed by atoms with Crippen LogP contribution in [0.25, 0.3) is 0 Å². The first-order valence-corrected chi connectivity index (χ1v) is 21.4. The Morgan fingerprint density at radius 3 is 1.50 bits per heavy atom. The van der Waals surface area contributed by atoms with Crippen LogP contribution in [0, 0.1) is 0 Å². The van der Waals surface area contributed by atoms with Crippen molar-refractivity contribution in [1.82, 2.24) is 9.44 Å². The van der Waals surface area contributed by atoms with Crippen LogP contribution in [0.3, 0.4) is 0 Å². The number of aliphatic hydroxyl groups excluding tert-OH is 4. The van der Waals surface area contributed by atoms with Gasteiger partial charge in [-0.1, -0.05) is 0 Å². The number of aliphatic hydroxyl groups is 4. The summed E-state index contributed by atoms with van der Waals surface area (Å²) >= 11 is 0. The average Bonchev–Trinajstić information content (AvgIpc) is 3.00. The summed E-state index contributed by atoms with van der Waals surface area (Å²) in [4.78, 5) is 12.4. The normalized spacial score (nSPS) is 37.9. The van der Waals surface area contributed by atoms with Gasteiger partial charge in [-0.25, -0.2) is 17.3 Å². The summed E-state index contributed by atoms with van der Waals surface area (Å²) in [7, 11) is -26.4. The second-order valence-corrected chi connectivity index (χ2v) is 17.0. The fourth-order valence-electron chi connectivity index (χ4n) is 5.44. The molecule has 15 atom stereocenters. The second-order valence-electron chi connectivity index (χ2n) is 11.4. The Bertz CT molecular complexity index is 1920. The highest BCUT2D eigenvalue weighted by Gasteiger charge is 2.58. The molecule has 0 spiro atoms. The van der Waals surface area contributed by atoms with E-state index in [9.17, 15) is 86.1 Å². The molecular weight excluding hydrogens is 897 g/mol. The Morgan fingerprint density at radius 1 is 0.589 bits per heavy atom. The number of rotatable bonds is 18. The molecule has 0 aliphatic carbocycles. The number of carboxylic acids is 1. The van der Waals surface area contributed by atoms with Crippen LogP contribution in [0.5, 0.6) is 0 Å². The molecule has 56 heavy (non-hydrogen) atoms. The van der Waals surface area contributed by atoms with Gasteiger partial charge in [-0.3, -0.25) is 22.8 Å². The van der Waals surface area contributed by atoms with Crippen molar-refractivity contribution >= 4 is 57.8 Å². The molecule has 12 N–H and O–H groups in total. The maximum Gasteiger partial charge on any atom is 0.397 e. The second kappa shape index (κ2) is 18.4. The number of hydrogen-bond donors (Lipinski definition) is 12. The van der Waals surface area contributed by atoms with Gasteiger partial charge in [0.1, 0.15) is 60.9 Å². The van der Waals surface area contributed by atoms with Crippen molar-refractivity contribution in [2.75, 3.05) is 20.3 Å². The molecule has 37 heteroatoms. The number of methoxy groups -OCH3 is 1. The van der Waals surface area contributed by atoms with Gasteiger partial charge in [0.25, 0.3) is 0 Å². The lowest BCUT2D eigenvalue weighted by atomic mass is 9.95. The molecular formula is C19H34N2O30S5. The first kappa shape index (κ1) is 48.8.